The van der Waals surface area contributed by atoms with E-state index in [1.807, 2.05) is 0 Å². The van der Waals surface area contributed by atoms with E-state index in [9.17, 15) is 19.2 Å². The second kappa shape index (κ2) is 7.02. The smallest absolute Gasteiger partial charge is 0.410 e. The number of benzene rings is 1. The normalized spacial score (nSPS) is 21.5. The number of hydrogen-bond donors (Lipinski definition) is 1. The van der Waals surface area contributed by atoms with Crippen molar-refractivity contribution in [2.75, 3.05) is 19.6 Å². The molecule has 1 saturated carbocycles. The molecule has 0 aromatic heterocycles. The lowest BCUT2D eigenvalue weighted by Gasteiger charge is -2.14. The molecule has 27 heavy (non-hydrogen) atoms. The minimum Gasteiger partial charge on any atom is -0.442 e. The fraction of sp³-hybridized carbons (Fsp3) is 0.474. The Kier molecular flexibility index (Phi) is 4.55. The molecule has 3 aliphatic rings. The lowest BCUT2D eigenvalue weighted by Crippen LogP contribution is -2.36. The van der Waals surface area contributed by atoms with Gasteiger partial charge in [0.1, 0.15) is 6.10 Å². The summed E-state index contributed by atoms with van der Waals surface area (Å²) in [5, 5.41) is 2.76. The highest BCUT2D eigenvalue weighted by Crippen LogP contribution is 2.30. The van der Waals surface area contributed by atoms with E-state index in [1.54, 1.807) is 29.2 Å². The van der Waals surface area contributed by atoms with Crippen molar-refractivity contribution in [2.24, 2.45) is 0 Å². The van der Waals surface area contributed by atoms with Gasteiger partial charge in [-0.1, -0.05) is 12.1 Å². The first-order chi connectivity index (χ1) is 13.0. The topological polar surface area (TPSA) is 96.0 Å². The van der Waals surface area contributed by atoms with E-state index in [0.29, 0.717) is 30.1 Å². The summed E-state index contributed by atoms with van der Waals surface area (Å²) in [4.78, 5) is 51.1. The molecule has 2 fully saturated rings. The highest BCUT2D eigenvalue weighted by Gasteiger charge is 2.41. The molecule has 8 nitrogen and oxygen atoms in total. The lowest BCUT2D eigenvalue weighted by molar-refractivity contribution is -0.121. The van der Waals surface area contributed by atoms with E-state index in [-0.39, 0.29) is 49.4 Å². The highest BCUT2D eigenvalue weighted by molar-refractivity contribution is 6.21. The van der Waals surface area contributed by atoms with Gasteiger partial charge in [-0.25, -0.2) is 4.79 Å². The molecule has 1 saturated heterocycles. The first-order valence-electron chi connectivity index (χ1n) is 9.24. The summed E-state index contributed by atoms with van der Waals surface area (Å²) in [6.07, 6.45) is 1.99. The Balaban J connectivity index is 1.19. The molecule has 142 valence electrons. The van der Waals surface area contributed by atoms with Gasteiger partial charge in [-0.3, -0.25) is 19.3 Å². The first-order valence-corrected chi connectivity index (χ1v) is 9.24. The number of ether oxygens (including phenoxy) is 1. The third-order valence-corrected chi connectivity index (χ3v) is 5.08. The van der Waals surface area contributed by atoms with Gasteiger partial charge in [0, 0.05) is 19.0 Å². The van der Waals surface area contributed by atoms with E-state index in [4.69, 9.17) is 4.74 Å². The first kappa shape index (κ1) is 17.5. The number of carbonyl (C=O) groups excluding carboxylic acids is 4. The average molecular weight is 371 g/mol. The van der Waals surface area contributed by atoms with Crippen LogP contribution >= 0.6 is 0 Å². The van der Waals surface area contributed by atoms with Crippen molar-refractivity contribution < 1.29 is 23.9 Å². The molecule has 2 aliphatic heterocycles. The Bertz CT molecular complexity index is 769. The van der Waals surface area contributed by atoms with Crippen molar-refractivity contribution in [3.05, 3.63) is 35.4 Å². The Hall–Kier alpha value is -2.90. The van der Waals surface area contributed by atoms with Gasteiger partial charge in [0.15, 0.2) is 0 Å². The summed E-state index contributed by atoms with van der Waals surface area (Å²) in [6.45, 7) is 0.993. The van der Waals surface area contributed by atoms with E-state index >= 15 is 0 Å². The summed E-state index contributed by atoms with van der Waals surface area (Å²) >= 11 is 0. The van der Waals surface area contributed by atoms with E-state index in [0.717, 1.165) is 12.8 Å². The predicted molar refractivity (Wildman–Crippen MR) is 94.0 cm³/mol. The maximum Gasteiger partial charge on any atom is 0.410 e. The molecule has 4 rings (SSSR count). The van der Waals surface area contributed by atoms with Crippen LogP contribution in [0.2, 0.25) is 0 Å². The number of fused-ring (bicyclic) bond motifs is 1. The van der Waals surface area contributed by atoms with Crippen LogP contribution in [0.3, 0.4) is 0 Å². The summed E-state index contributed by atoms with van der Waals surface area (Å²) in [5.41, 5.74) is 0.824. The fourth-order valence-corrected chi connectivity index (χ4v) is 3.49. The number of nitrogens with zero attached hydrogens (tertiary/aromatic N) is 2. The molecule has 1 N–H and O–H groups in total. The molecule has 1 aromatic carbocycles. The molecule has 1 unspecified atom stereocenters. The monoisotopic (exact) mass is 371 g/mol. The van der Waals surface area contributed by atoms with Crippen LogP contribution in [0.5, 0.6) is 0 Å². The minimum atomic E-state index is -0.321. The van der Waals surface area contributed by atoms with Crippen molar-refractivity contribution in [2.45, 2.75) is 37.8 Å². The van der Waals surface area contributed by atoms with Crippen LogP contribution < -0.4 is 5.32 Å². The van der Waals surface area contributed by atoms with Crippen LogP contribution in [0.15, 0.2) is 24.3 Å². The summed E-state index contributed by atoms with van der Waals surface area (Å²) in [5.74, 6) is -0.810. The molecule has 0 radical (unpaired) electrons. The standard InChI is InChI=1S/C19H21N3O5/c23-16(20-10-13-11-22(12-7-8-12)19(26)27-13)6-3-9-21-17(24)14-4-1-2-5-15(14)18(21)25/h1-2,4-5,12-13H,3,6-11H2,(H,20,23). The fourth-order valence-electron chi connectivity index (χ4n) is 3.49. The largest absolute Gasteiger partial charge is 0.442 e. The van der Waals surface area contributed by atoms with Gasteiger partial charge in [0.2, 0.25) is 5.91 Å². The van der Waals surface area contributed by atoms with Gasteiger partial charge >= 0.3 is 6.09 Å². The molecule has 0 bridgehead atoms. The minimum absolute atomic E-state index is 0.187. The van der Waals surface area contributed by atoms with Gasteiger partial charge in [0.25, 0.3) is 11.8 Å². The van der Waals surface area contributed by atoms with E-state index < -0.39 is 0 Å². The second-order valence-electron chi connectivity index (χ2n) is 7.10. The number of amides is 4. The zero-order valence-electron chi connectivity index (χ0n) is 14.8. The number of carbonyl (C=O) groups is 4. The maximum atomic E-state index is 12.3. The summed E-state index contributed by atoms with van der Waals surface area (Å²) in [7, 11) is 0. The van der Waals surface area contributed by atoms with Crippen LogP contribution in [-0.4, -0.2) is 65.4 Å². The number of rotatable bonds is 7. The highest BCUT2D eigenvalue weighted by atomic mass is 16.6. The van der Waals surface area contributed by atoms with Crippen molar-refractivity contribution in [3.63, 3.8) is 0 Å². The number of cyclic esters (lactones) is 1. The van der Waals surface area contributed by atoms with Gasteiger partial charge in [-0.15, -0.1) is 0 Å². The van der Waals surface area contributed by atoms with Crippen molar-refractivity contribution in [3.8, 4) is 0 Å². The van der Waals surface area contributed by atoms with Crippen LogP contribution in [0.4, 0.5) is 4.79 Å². The van der Waals surface area contributed by atoms with Gasteiger partial charge < -0.3 is 15.0 Å². The van der Waals surface area contributed by atoms with Crippen molar-refractivity contribution >= 4 is 23.8 Å². The van der Waals surface area contributed by atoms with Crippen LogP contribution in [-0.2, 0) is 9.53 Å². The van der Waals surface area contributed by atoms with Gasteiger partial charge in [-0.05, 0) is 31.4 Å². The molecular formula is C19H21N3O5. The number of hydrogen-bond acceptors (Lipinski definition) is 5. The van der Waals surface area contributed by atoms with Gasteiger partial charge in [-0.2, -0.15) is 0 Å². The Morgan fingerprint density at radius 3 is 2.41 bits per heavy atom. The zero-order valence-corrected chi connectivity index (χ0v) is 14.8. The summed E-state index contributed by atoms with van der Waals surface area (Å²) < 4.78 is 5.25. The van der Waals surface area contributed by atoms with E-state index in [1.165, 1.54) is 4.90 Å². The molecule has 1 aliphatic carbocycles. The quantitative estimate of drug-likeness (QED) is 0.726. The average Bonchev–Trinajstić information content (AvgIpc) is 3.40. The zero-order chi connectivity index (χ0) is 19.0. The van der Waals surface area contributed by atoms with Crippen LogP contribution in [0, 0.1) is 0 Å². The van der Waals surface area contributed by atoms with Crippen molar-refractivity contribution in [1.29, 1.82) is 0 Å². The second-order valence-corrected chi connectivity index (χ2v) is 7.10. The molecule has 1 aromatic rings. The number of imide groups is 1. The molecule has 8 heteroatoms. The lowest BCUT2D eigenvalue weighted by atomic mass is 10.1. The Labute approximate surface area is 156 Å². The van der Waals surface area contributed by atoms with Gasteiger partial charge in [0.05, 0.1) is 24.2 Å². The number of nitrogens with one attached hydrogen (secondary N) is 1. The Morgan fingerprint density at radius 1 is 1.11 bits per heavy atom. The molecule has 0 spiro atoms. The molecule has 2 heterocycles. The third-order valence-electron chi connectivity index (χ3n) is 5.08. The SMILES string of the molecule is O=C(CCCN1C(=O)c2ccccc2C1=O)NCC1CN(C2CC2)C(=O)O1. The maximum absolute atomic E-state index is 12.3. The summed E-state index contributed by atoms with van der Waals surface area (Å²) in [6, 6.07) is 7.02. The predicted octanol–water partition coefficient (Wildman–Crippen LogP) is 1.16. The molecular weight excluding hydrogens is 350 g/mol. The van der Waals surface area contributed by atoms with Crippen molar-refractivity contribution in [1.82, 2.24) is 15.1 Å². The molecule has 4 amide bonds. The van der Waals surface area contributed by atoms with Crippen LogP contribution in [0.1, 0.15) is 46.4 Å². The molecule has 1 atom stereocenters. The van der Waals surface area contributed by atoms with Crippen LogP contribution in [0.25, 0.3) is 0 Å². The van der Waals surface area contributed by atoms with E-state index in [2.05, 4.69) is 5.32 Å². The Morgan fingerprint density at radius 2 is 1.78 bits per heavy atom. The third kappa shape index (κ3) is 3.51.